The van der Waals surface area contributed by atoms with E-state index in [1.807, 2.05) is 26.0 Å². The van der Waals surface area contributed by atoms with E-state index in [0.717, 1.165) is 36.0 Å². The number of aryl methyl sites for hydroxylation is 1. The van der Waals surface area contributed by atoms with Gasteiger partial charge in [-0.05, 0) is 94.0 Å². The van der Waals surface area contributed by atoms with Gasteiger partial charge in [0.05, 0.1) is 25.4 Å². The molecule has 0 bridgehead atoms. The van der Waals surface area contributed by atoms with Crippen molar-refractivity contribution in [1.82, 2.24) is 5.32 Å². The molecule has 1 aliphatic carbocycles. The second-order valence-electron chi connectivity index (χ2n) is 10.6. The Morgan fingerprint density at radius 3 is 2.49 bits per heavy atom. The highest BCUT2D eigenvalue weighted by molar-refractivity contribution is 5.69. The minimum atomic E-state index is -0.592. The van der Waals surface area contributed by atoms with Crippen molar-refractivity contribution in [2.24, 2.45) is 5.92 Å². The van der Waals surface area contributed by atoms with Crippen LogP contribution in [0.5, 0.6) is 0 Å². The van der Waals surface area contributed by atoms with Gasteiger partial charge in [0, 0.05) is 18.5 Å². The fourth-order valence-electron chi connectivity index (χ4n) is 5.29. The largest absolute Gasteiger partial charge is 0.466 e. The maximum absolute atomic E-state index is 11.8. The number of aliphatic hydroxyl groups is 1. The van der Waals surface area contributed by atoms with Crippen molar-refractivity contribution in [3.05, 3.63) is 70.3 Å². The van der Waals surface area contributed by atoms with E-state index >= 15 is 0 Å². The molecule has 0 saturated heterocycles. The van der Waals surface area contributed by atoms with Gasteiger partial charge in [0.2, 0.25) is 0 Å². The third-order valence-electron chi connectivity index (χ3n) is 7.06. The average Bonchev–Trinajstić information content (AvgIpc) is 3.22. The summed E-state index contributed by atoms with van der Waals surface area (Å²) in [7, 11) is 0. The average molecular weight is 482 g/mol. The Balaban J connectivity index is 1.46. The van der Waals surface area contributed by atoms with Gasteiger partial charge in [0.25, 0.3) is 0 Å². The summed E-state index contributed by atoms with van der Waals surface area (Å²) in [5.41, 5.74) is 6.23. The second kappa shape index (κ2) is 12.7. The summed E-state index contributed by atoms with van der Waals surface area (Å²) in [4.78, 5) is 11.8. The molecule has 2 N–H and O–H groups in total. The lowest BCUT2D eigenvalue weighted by Gasteiger charge is -2.31. The van der Waals surface area contributed by atoms with E-state index in [1.165, 1.54) is 11.1 Å². The monoisotopic (exact) mass is 481 g/mol. The molecule has 0 aliphatic heterocycles. The van der Waals surface area contributed by atoms with Crippen LogP contribution >= 0.6 is 0 Å². The molecule has 35 heavy (non-hydrogen) atoms. The first-order valence-corrected chi connectivity index (χ1v) is 13.0. The van der Waals surface area contributed by atoms with Crippen molar-refractivity contribution < 1.29 is 19.4 Å². The van der Waals surface area contributed by atoms with Gasteiger partial charge in [-0.1, -0.05) is 42.5 Å². The van der Waals surface area contributed by atoms with E-state index in [-0.39, 0.29) is 24.2 Å². The molecule has 5 nitrogen and oxygen atoms in total. The summed E-state index contributed by atoms with van der Waals surface area (Å²) in [5.74, 6) is 0.457. The Labute approximate surface area is 211 Å². The number of nitrogens with one attached hydrogen (secondary N) is 1. The third-order valence-corrected chi connectivity index (χ3v) is 7.06. The van der Waals surface area contributed by atoms with Crippen LogP contribution in [0.4, 0.5) is 0 Å². The van der Waals surface area contributed by atoms with Gasteiger partial charge in [-0.15, -0.1) is 0 Å². The molecular formula is C30H43NO4. The first-order chi connectivity index (χ1) is 16.7. The molecule has 0 fully saturated rings. The fourth-order valence-corrected chi connectivity index (χ4v) is 5.29. The maximum Gasteiger partial charge on any atom is 0.306 e. The van der Waals surface area contributed by atoms with Crippen LogP contribution < -0.4 is 5.32 Å². The van der Waals surface area contributed by atoms with Crippen molar-refractivity contribution in [1.29, 1.82) is 0 Å². The molecule has 1 aliphatic rings. The van der Waals surface area contributed by atoms with Crippen LogP contribution in [0.15, 0.2) is 42.5 Å². The molecule has 0 unspecified atom stereocenters. The zero-order chi connectivity index (χ0) is 25.4. The normalized spacial score (nSPS) is 15.6. The predicted molar refractivity (Wildman–Crippen MR) is 141 cm³/mol. The van der Waals surface area contributed by atoms with E-state index in [2.05, 4.69) is 56.4 Å². The molecule has 192 valence electrons. The Hall–Kier alpha value is -2.21. The van der Waals surface area contributed by atoms with Gasteiger partial charge in [0.1, 0.15) is 0 Å². The van der Waals surface area contributed by atoms with E-state index in [0.29, 0.717) is 31.9 Å². The molecule has 0 amide bonds. The highest BCUT2D eigenvalue weighted by Gasteiger charge is 2.28. The molecular weight excluding hydrogens is 438 g/mol. The van der Waals surface area contributed by atoms with E-state index < -0.39 is 6.10 Å². The molecule has 5 heteroatoms. The van der Waals surface area contributed by atoms with Crippen molar-refractivity contribution in [2.45, 2.75) is 84.5 Å². The molecule has 0 radical (unpaired) electrons. The molecule has 0 heterocycles. The zero-order valence-corrected chi connectivity index (χ0v) is 22.1. The second-order valence-corrected chi connectivity index (χ2v) is 10.6. The summed E-state index contributed by atoms with van der Waals surface area (Å²) in [6.07, 6.45) is 3.55. The van der Waals surface area contributed by atoms with Gasteiger partial charge < -0.3 is 19.9 Å². The van der Waals surface area contributed by atoms with Crippen molar-refractivity contribution in [3.63, 3.8) is 0 Å². The van der Waals surface area contributed by atoms with Crippen LogP contribution in [0, 0.1) is 12.8 Å². The molecule has 2 aromatic carbocycles. The van der Waals surface area contributed by atoms with Gasteiger partial charge in [-0.3, -0.25) is 4.79 Å². The minimum Gasteiger partial charge on any atom is -0.466 e. The van der Waals surface area contributed by atoms with Crippen LogP contribution in [-0.4, -0.2) is 42.5 Å². The summed E-state index contributed by atoms with van der Waals surface area (Å²) in [5, 5.41) is 14.2. The molecule has 2 aromatic rings. The van der Waals surface area contributed by atoms with E-state index in [1.54, 1.807) is 0 Å². The van der Waals surface area contributed by atoms with Crippen LogP contribution in [0.1, 0.15) is 74.5 Å². The summed E-state index contributed by atoms with van der Waals surface area (Å²) < 4.78 is 11.2. The minimum absolute atomic E-state index is 0.0594. The highest BCUT2D eigenvalue weighted by atomic mass is 16.5. The SMILES string of the molecule is CCOC(=O)CCc1c(C)cccc1[C@@H](C)OC[C@@H](O)CNC(C)(C)CC1Cc2ccccc2C1. The number of β-amino-alcohol motifs (C(OH)–C–C–N with tert-alkyl or cyclic N) is 1. The topological polar surface area (TPSA) is 67.8 Å². The van der Waals surface area contributed by atoms with Crippen LogP contribution in [0.25, 0.3) is 0 Å². The first kappa shape index (κ1) is 27.4. The molecule has 0 spiro atoms. The number of ether oxygens (including phenoxy) is 2. The number of aliphatic hydroxyl groups excluding tert-OH is 1. The standard InChI is InChI=1S/C30H43NO4/c1-6-34-29(33)15-14-27-21(2)10-9-13-28(27)22(3)35-20-26(32)19-31-30(4,5)18-23-16-24-11-7-8-12-25(24)17-23/h7-13,22-23,26,31-32H,6,14-20H2,1-5H3/t22-,26+/m1/s1. The van der Waals surface area contributed by atoms with Gasteiger partial charge in [-0.25, -0.2) is 0 Å². The van der Waals surface area contributed by atoms with Crippen molar-refractivity contribution in [3.8, 4) is 0 Å². The molecule has 0 aromatic heterocycles. The number of carbonyl (C=O) groups is 1. The van der Waals surface area contributed by atoms with Crippen LogP contribution in [-0.2, 0) is 33.5 Å². The van der Waals surface area contributed by atoms with E-state index in [9.17, 15) is 9.90 Å². The molecule has 0 saturated carbocycles. The number of carbonyl (C=O) groups excluding carboxylic acids is 1. The fraction of sp³-hybridized carbons (Fsp3) is 0.567. The number of esters is 1. The molecule has 2 atom stereocenters. The highest BCUT2D eigenvalue weighted by Crippen LogP contribution is 2.32. The zero-order valence-electron chi connectivity index (χ0n) is 22.1. The lowest BCUT2D eigenvalue weighted by atomic mass is 9.88. The number of benzene rings is 2. The Kier molecular flexibility index (Phi) is 9.90. The number of hydrogen-bond donors (Lipinski definition) is 2. The van der Waals surface area contributed by atoms with Gasteiger partial charge >= 0.3 is 5.97 Å². The summed E-state index contributed by atoms with van der Waals surface area (Å²) >= 11 is 0. The summed E-state index contributed by atoms with van der Waals surface area (Å²) in [6.45, 7) is 11.5. The maximum atomic E-state index is 11.8. The number of fused-ring (bicyclic) bond motifs is 1. The lowest BCUT2D eigenvalue weighted by Crippen LogP contribution is -2.45. The van der Waals surface area contributed by atoms with Crippen molar-refractivity contribution >= 4 is 5.97 Å². The predicted octanol–water partition coefficient (Wildman–Crippen LogP) is 5.10. The van der Waals surface area contributed by atoms with Gasteiger partial charge in [-0.2, -0.15) is 0 Å². The van der Waals surface area contributed by atoms with Crippen LogP contribution in [0.3, 0.4) is 0 Å². The quantitative estimate of drug-likeness (QED) is 0.390. The smallest absolute Gasteiger partial charge is 0.306 e. The lowest BCUT2D eigenvalue weighted by molar-refractivity contribution is -0.143. The van der Waals surface area contributed by atoms with Gasteiger partial charge in [0.15, 0.2) is 0 Å². The Morgan fingerprint density at radius 1 is 1.14 bits per heavy atom. The Morgan fingerprint density at radius 2 is 1.83 bits per heavy atom. The van der Waals surface area contributed by atoms with Crippen molar-refractivity contribution in [2.75, 3.05) is 19.8 Å². The summed E-state index contributed by atoms with van der Waals surface area (Å²) in [6, 6.07) is 14.9. The Bertz CT molecular complexity index is 946. The van der Waals surface area contributed by atoms with Crippen LogP contribution in [0.2, 0.25) is 0 Å². The molecule has 3 rings (SSSR count). The number of hydrogen-bond acceptors (Lipinski definition) is 5. The first-order valence-electron chi connectivity index (χ1n) is 13.0. The van der Waals surface area contributed by atoms with E-state index in [4.69, 9.17) is 9.47 Å². The third kappa shape index (κ3) is 8.16. The number of rotatable bonds is 13.